The van der Waals surface area contributed by atoms with Crippen molar-refractivity contribution in [3.63, 3.8) is 0 Å². The van der Waals surface area contributed by atoms with Crippen LogP contribution in [0.3, 0.4) is 0 Å². The van der Waals surface area contributed by atoms with Crippen molar-refractivity contribution in [2.24, 2.45) is 0 Å². The minimum absolute atomic E-state index is 0.455. The van der Waals surface area contributed by atoms with Crippen molar-refractivity contribution in [2.45, 2.75) is 19.9 Å². The summed E-state index contributed by atoms with van der Waals surface area (Å²) in [7, 11) is 0. The van der Waals surface area contributed by atoms with Crippen LogP contribution in [0.2, 0.25) is 0 Å². The minimum Gasteiger partial charge on any atom is -0.383 e. The quantitative estimate of drug-likeness (QED) is 0.851. The summed E-state index contributed by atoms with van der Waals surface area (Å²) in [5.41, 5.74) is 2.33. The van der Waals surface area contributed by atoms with Gasteiger partial charge in [0.2, 0.25) is 0 Å². The van der Waals surface area contributed by atoms with E-state index in [2.05, 4.69) is 48.4 Å². The van der Waals surface area contributed by atoms with Gasteiger partial charge in [-0.25, -0.2) is 4.98 Å². The highest BCUT2D eigenvalue weighted by Gasteiger charge is 2.01. The summed E-state index contributed by atoms with van der Waals surface area (Å²) >= 11 is 1.66. The van der Waals surface area contributed by atoms with E-state index in [1.807, 2.05) is 11.6 Å². The maximum absolute atomic E-state index is 4.30. The molecule has 1 aromatic heterocycles. The summed E-state index contributed by atoms with van der Waals surface area (Å²) in [5, 5.41) is 6.45. The Hall–Kier alpha value is -1.35. The Morgan fingerprint density at radius 3 is 2.87 bits per heavy atom. The first-order valence-electron chi connectivity index (χ1n) is 5.02. The lowest BCUT2D eigenvalue weighted by molar-refractivity contribution is 0.900. The Bertz CT molecular complexity index is 421. The molecule has 0 unspecified atom stereocenters. The van der Waals surface area contributed by atoms with Crippen molar-refractivity contribution in [1.29, 1.82) is 0 Å². The summed E-state index contributed by atoms with van der Waals surface area (Å²) in [6.07, 6.45) is 1.84. The molecule has 0 radical (unpaired) electrons. The summed E-state index contributed by atoms with van der Waals surface area (Å²) < 4.78 is 0. The maximum Gasteiger partial charge on any atom is 0.123 e. The van der Waals surface area contributed by atoms with Crippen LogP contribution in [0, 0.1) is 0 Å². The van der Waals surface area contributed by atoms with Gasteiger partial charge in [0.1, 0.15) is 5.01 Å². The number of aromatic nitrogens is 1. The minimum atomic E-state index is 0.455. The van der Waals surface area contributed by atoms with Crippen molar-refractivity contribution in [1.82, 2.24) is 4.98 Å². The van der Waals surface area contributed by atoms with Gasteiger partial charge in [-0.3, -0.25) is 0 Å². The molecule has 0 saturated heterocycles. The Morgan fingerprint density at radius 1 is 1.33 bits per heavy atom. The molecule has 0 aliphatic rings. The van der Waals surface area contributed by atoms with E-state index >= 15 is 0 Å². The van der Waals surface area contributed by atoms with Crippen LogP contribution in [0.25, 0.3) is 10.6 Å². The van der Waals surface area contributed by atoms with Crippen molar-refractivity contribution >= 4 is 17.0 Å². The summed E-state index contributed by atoms with van der Waals surface area (Å²) in [6.45, 7) is 4.27. The lowest BCUT2D eigenvalue weighted by atomic mass is 10.2. The van der Waals surface area contributed by atoms with E-state index in [1.165, 1.54) is 5.56 Å². The Balaban J connectivity index is 2.27. The van der Waals surface area contributed by atoms with Crippen molar-refractivity contribution in [2.75, 3.05) is 5.32 Å². The van der Waals surface area contributed by atoms with Gasteiger partial charge in [0.15, 0.2) is 0 Å². The van der Waals surface area contributed by atoms with Gasteiger partial charge in [0.05, 0.1) is 0 Å². The van der Waals surface area contributed by atoms with Crippen LogP contribution < -0.4 is 5.32 Å². The molecule has 0 atom stereocenters. The van der Waals surface area contributed by atoms with Crippen LogP contribution in [-0.4, -0.2) is 11.0 Å². The molecule has 15 heavy (non-hydrogen) atoms. The average molecular weight is 218 g/mol. The first-order valence-corrected chi connectivity index (χ1v) is 5.90. The van der Waals surface area contributed by atoms with E-state index in [0.29, 0.717) is 6.04 Å². The summed E-state index contributed by atoms with van der Waals surface area (Å²) in [6, 6.07) is 8.82. The summed E-state index contributed by atoms with van der Waals surface area (Å²) in [4.78, 5) is 4.30. The van der Waals surface area contributed by atoms with Crippen molar-refractivity contribution in [3.05, 3.63) is 35.8 Å². The number of thiazole rings is 1. The number of benzene rings is 1. The molecule has 0 aliphatic carbocycles. The number of hydrogen-bond acceptors (Lipinski definition) is 3. The van der Waals surface area contributed by atoms with Gasteiger partial charge in [-0.2, -0.15) is 0 Å². The zero-order valence-electron chi connectivity index (χ0n) is 8.90. The number of nitrogens with zero attached hydrogens (tertiary/aromatic N) is 1. The van der Waals surface area contributed by atoms with Gasteiger partial charge in [-0.05, 0) is 26.0 Å². The predicted molar refractivity (Wildman–Crippen MR) is 66.3 cm³/mol. The number of rotatable bonds is 3. The predicted octanol–water partition coefficient (Wildman–Crippen LogP) is 3.63. The molecule has 2 aromatic rings. The van der Waals surface area contributed by atoms with Gasteiger partial charge < -0.3 is 5.32 Å². The molecule has 3 heteroatoms. The smallest absolute Gasteiger partial charge is 0.123 e. The van der Waals surface area contributed by atoms with E-state index in [0.717, 1.165) is 10.7 Å². The molecule has 1 N–H and O–H groups in total. The Kier molecular flexibility index (Phi) is 3.02. The highest BCUT2D eigenvalue weighted by molar-refractivity contribution is 7.13. The van der Waals surface area contributed by atoms with Gasteiger partial charge in [0.25, 0.3) is 0 Å². The first kappa shape index (κ1) is 10.2. The normalized spacial score (nSPS) is 10.6. The molecule has 2 nitrogen and oxygen atoms in total. The van der Waals surface area contributed by atoms with Gasteiger partial charge in [0, 0.05) is 28.9 Å². The molecule has 0 fully saturated rings. The fourth-order valence-electron chi connectivity index (χ4n) is 1.44. The highest BCUT2D eigenvalue weighted by Crippen LogP contribution is 2.24. The molecule has 0 saturated carbocycles. The molecule has 1 heterocycles. The van der Waals surface area contributed by atoms with Crippen LogP contribution in [0.5, 0.6) is 0 Å². The number of anilines is 1. The Labute approximate surface area is 94.0 Å². The van der Waals surface area contributed by atoms with E-state index in [-0.39, 0.29) is 0 Å². The SMILES string of the molecule is CC(C)Nc1cccc(-c2nccs2)c1. The van der Waals surface area contributed by atoms with E-state index in [9.17, 15) is 0 Å². The van der Waals surface area contributed by atoms with E-state index in [1.54, 1.807) is 11.3 Å². The molecule has 0 bridgehead atoms. The average Bonchev–Trinajstić information content (AvgIpc) is 2.69. The lowest BCUT2D eigenvalue weighted by Gasteiger charge is -2.10. The second-order valence-corrected chi connectivity index (χ2v) is 4.61. The van der Waals surface area contributed by atoms with Crippen molar-refractivity contribution < 1.29 is 0 Å². The summed E-state index contributed by atoms with van der Waals surface area (Å²) in [5.74, 6) is 0. The third-order valence-corrected chi connectivity index (χ3v) is 2.82. The van der Waals surface area contributed by atoms with Crippen LogP contribution >= 0.6 is 11.3 Å². The molecule has 0 amide bonds. The maximum atomic E-state index is 4.30. The second kappa shape index (κ2) is 4.45. The molecule has 2 rings (SSSR count). The molecular formula is C12H14N2S. The van der Waals surface area contributed by atoms with Gasteiger partial charge in [-0.15, -0.1) is 11.3 Å². The van der Waals surface area contributed by atoms with E-state index in [4.69, 9.17) is 0 Å². The second-order valence-electron chi connectivity index (χ2n) is 3.72. The topological polar surface area (TPSA) is 24.9 Å². The molecule has 78 valence electrons. The zero-order valence-corrected chi connectivity index (χ0v) is 9.71. The van der Waals surface area contributed by atoms with E-state index < -0.39 is 0 Å². The first-order chi connectivity index (χ1) is 7.25. The number of hydrogen-bond donors (Lipinski definition) is 1. The van der Waals surface area contributed by atoms with Crippen molar-refractivity contribution in [3.8, 4) is 10.6 Å². The fraction of sp³-hybridized carbons (Fsp3) is 0.250. The highest BCUT2D eigenvalue weighted by atomic mass is 32.1. The standard InChI is InChI=1S/C12H14N2S/c1-9(2)14-11-5-3-4-10(8-11)12-13-6-7-15-12/h3-9,14H,1-2H3. The third-order valence-electron chi connectivity index (χ3n) is 2.00. The molecular weight excluding hydrogens is 204 g/mol. The molecule has 0 aliphatic heterocycles. The van der Waals surface area contributed by atoms with Gasteiger partial charge >= 0.3 is 0 Å². The lowest BCUT2D eigenvalue weighted by Crippen LogP contribution is -2.09. The van der Waals surface area contributed by atoms with Crippen LogP contribution in [0.1, 0.15) is 13.8 Å². The van der Waals surface area contributed by atoms with Crippen LogP contribution in [-0.2, 0) is 0 Å². The van der Waals surface area contributed by atoms with Gasteiger partial charge in [-0.1, -0.05) is 12.1 Å². The number of nitrogens with one attached hydrogen (secondary N) is 1. The molecule has 0 spiro atoms. The monoisotopic (exact) mass is 218 g/mol. The van der Waals surface area contributed by atoms with Crippen LogP contribution in [0.15, 0.2) is 35.8 Å². The zero-order chi connectivity index (χ0) is 10.7. The fourth-order valence-corrected chi connectivity index (χ4v) is 2.08. The van der Waals surface area contributed by atoms with Crippen LogP contribution in [0.4, 0.5) is 5.69 Å². The third kappa shape index (κ3) is 2.57. The Morgan fingerprint density at radius 2 is 2.20 bits per heavy atom. The largest absolute Gasteiger partial charge is 0.383 e. The molecule has 1 aromatic carbocycles.